The summed E-state index contributed by atoms with van der Waals surface area (Å²) in [6.07, 6.45) is -2.51. The number of rotatable bonds is 6. The molecule has 2 heterocycles. The molecule has 0 aromatic carbocycles. The van der Waals surface area contributed by atoms with Gasteiger partial charge in [0.15, 0.2) is 5.60 Å². The maximum Gasteiger partial charge on any atom is 0.416 e. The van der Waals surface area contributed by atoms with E-state index >= 15 is 0 Å². The molecule has 7 nitrogen and oxygen atoms in total. The first-order valence-corrected chi connectivity index (χ1v) is 8.18. The molecule has 0 saturated heterocycles. The molecule has 3 atom stereocenters. The lowest BCUT2D eigenvalue weighted by molar-refractivity contribution is -0.276. The Morgan fingerprint density at radius 2 is 2.08 bits per heavy atom. The molecule has 1 aliphatic heterocycles. The van der Waals surface area contributed by atoms with Gasteiger partial charge in [0.2, 0.25) is 0 Å². The van der Waals surface area contributed by atoms with Gasteiger partial charge in [0.1, 0.15) is 5.69 Å². The molecule has 3 N–H and O–H groups in total. The van der Waals surface area contributed by atoms with Crippen molar-refractivity contribution in [1.29, 1.82) is 0 Å². The first-order chi connectivity index (χ1) is 11.9. The lowest BCUT2D eigenvalue weighted by atomic mass is 10.1. The van der Waals surface area contributed by atoms with Crippen molar-refractivity contribution in [3.8, 4) is 0 Å². The van der Waals surface area contributed by atoms with Crippen molar-refractivity contribution in [3.05, 3.63) is 29.9 Å². The number of halogens is 3. The first kappa shape index (κ1) is 20.1. The molecule has 3 unspecified atom stereocenters. The average Bonchev–Trinajstić information content (AvgIpc) is 3.11. The highest BCUT2D eigenvalue weighted by molar-refractivity contribution is 5.92. The van der Waals surface area contributed by atoms with Crippen LogP contribution in [0.3, 0.4) is 0 Å². The highest BCUT2D eigenvalue weighted by Gasteiger charge is 2.50. The predicted molar refractivity (Wildman–Crippen MR) is 89.0 cm³/mol. The van der Waals surface area contributed by atoms with E-state index < -0.39 is 29.8 Å². The first-order valence-electron chi connectivity index (χ1n) is 8.18. The van der Waals surface area contributed by atoms with Crippen LogP contribution in [0.25, 0.3) is 0 Å². The van der Waals surface area contributed by atoms with E-state index in [0.717, 1.165) is 13.8 Å². The van der Waals surface area contributed by atoms with Gasteiger partial charge in [0, 0.05) is 19.4 Å². The third-order valence-electron chi connectivity index (χ3n) is 4.18. The van der Waals surface area contributed by atoms with E-state index in [1.54, 1.807) is 13.2 Å². The zero-order chi connectivity index (χ0) is 19.7. The van der Waals surface area contributed by atoms with Gasteiger partial charge < -0.3 is 20.7 Å². The number of hydrogen-bond acceptors (Lipinski definition) is 5. The van der Waals surface area contributed by atoms with Gasteiger partial charge in [-0.25, -0.2) is 0 Å². The van der Waals surface area contributed by atoms with E-state index in [0.29, 0.717) is 5.70 Å². The Kier molecular flexibility index (Phi) is 5.55. The van der Waals surface area contributed by atoms with Crippen molar-refractivity contribution in [2.75, 3.05) is 0 Å². The van der Waals surface area contributed by atoms with E-state index in [4.69, 9.17) is 4.74 Å². The number of aromatic nitrogens is 2. The minimum atomic E-state index is -4.54. The summed E-state index contributed by atoms with van der Waals surface area (Å²) in [6.45, 7) is 5.25. The Morgan fingerprint density at radius 1 is 1.42 bits per heavy atom. The van der Waals surface area contributed by atoms with Crippen molar-refractivity contribution >= 4 is 5.91 Å². The summed E-state index contributed by atoms with van der Waals surface area (Å²) in [4.78, 5) is 12.5. The van der Waals surface area contributed by atoms with Crippen molar-refractivity contribution in [3.63, 3.8) is 0 Å². The van der Waals surface area contributed by atoms with Crippen molar-refractivity contribution < 1.29 is 22.7 Å². The quantitative estimate of drug-likeness (QED) is 0.705. The minimum Gasteiger partial charge on any atom is -0.370 e. The van der Waals surface area contributed by atoms with Gasteiger partial charge in [-0.1, -0.05) is 0 Å². The predicted octanol–water partition coefficient (Wildman–Crippen LogP) is 1.64. The summed E-state index contributed by atoms with van der Waals surface area (Å²) in [7, 11) is 1.60. The Hall–Kier alpha value is -2.23. The second-order valence-electron chi connectivity index (χ2n) is 6.75. The second kappa shape index (κ2) is 7.18. The number of nitrogens with one attached hydrogen (secondary N) is 3. The van der Waals surface area contributed by atoms with Crippen LogP contribution < -0.4 is 16.0 Å². The molecule has 0 spiro atoms. The molecular weight excluding hydrogens is 351 g/mol. The summed E-state index contributed by atoms with van der Waals surface area (Å²) in [5.74, 6) is -0.461. The Bertz CT molecular complexity index is 684. The SMILES string of the molecule is CC1NC=C(C(NC(=O)c2ccnn2C)C(C)OC(C)(C)C(F)(F)F)N1. The molecule has 1 aromatic rings. The normalized spacial score (nSPS) is 20.0. The number of ether oxygens (including phenoxy) is 1. The fourth-order valence-corrected chi connectivity index (χ4v) is 2.59. The van der Waals surface area contributed by atoms with Gasteiger partial charge in [-0.3, -0.25) is 9.48 Å². The molecular formula is C16H24F3N5O2. The van der Waals surface area contributed by atoms with E-state index in [1.807, 2.05) is 6.92 Å². The molecule has 0 radical (unpaired) electrons. The molecule has 0 saturated carbocycles. The van der Waals surface area contributed by atoms with E-state index in [9.17, 15) is 18.0 Å². The molecule has 10 heteroatoms. The van der Waals surface area contributed by atoms with E-state index in [-0.39, 0.29) is 11.9 Å². The average molecular weight is 375 g/mol. The van der Waals surface area contributed by atoms with Gasteiger partial charge in [-0.15, -0.1) is 0 Å². The van der Waals surface area contributed by atoms with Crippen LogP contribution in [0, 0.1) is 0 Å². The topological polar surface area (TPSA) is 80.2 Å². The number of carbonyl (C=O) groups excluding carboxylic acids is 1. The molecule has 146 valence electrons. The number of amides is 1. The lowest BCUT2D eigenvalue weighted by Crippen LogP contribution is -2.53. The van der Waals surface area contributed by atoms with E-state index in [2.05, 4.69) is 21.0 Å². The van der Waals surface area contributed by atoms with Crippen LogP contribution in [0.4, 0.5) is 13.2 Å². The molecule has 1 aliphatic rings. The van der Waals surface area contributed by atoms with Crippen molar-refractivity contribution in [1.82, 2.24) is 25.7 Å². The third-order valence-corrected chi connectivity index (χ3v) is 4.18. The zero-order valence-corrected chi connectivity index (χ0v) is 15.3. The van der Waals surface area contributed by atoms with Crippen molar-refractivity contribution in [2.45, 2.75) is 57.8 Å². The smallest absolute Gasteiger partial charge is 0.370 e. The van der Waals surface area contributed by atoms with Crippen LogP contribution in [0.15, 0.2) is 24.2 Å². The Balaban J connectivity index is 2.21. The minimum absolute atomic E-state index is 0.107. The van der Waals surface area contributed by atoms with E-state index in [1.165, 1.54) is 23.9 Å². The number of alkyl halides is 3. The monoisotopic (exact) mass is 375 g/mol. The van der Waals surface area contributed by atoms with Gasteiger partial charge >= 0.3 is 6.18 Å². The highest BCUT2D eigenvalue weighted by Crippen LogP contribution is 2.34. The van der Waals surface area contributed by atoms with Gasteiger partial charge in [0.25, 0.3) is 5.91 Å². The molecule has 1 aromatic heterocycles. The molecule has 26 heavy (non-hydrogen) atoms. The number of carbonyl (C=O) groups is 1. The summed E-state index contributed by atoms with van der Waals surface area (Å²) in [5.41, 5.74) is -1.53. The maximum absolute atomic E-state index is 13.2. The fraction of sp³-hybridized carbons (Fsp3) is 0.625. The van der Waals surface area contributed by atoms with Crippen LogP contribution in [-0.4, -0.2) is 45.8 Å². The lowest BCUT2D eigenvalue weighted by Gasteiger charge is -2.35. The maximum atomic E-state index is 13.2. The van der Waals surface area contributed by atoms with Crippen LogP contribution in [0.5, 0.6) is 0 Å². The standard InChI is InChI=1S/C16H24F3N5O2/c1-9(26-15(3,4)16(17,18)19)13(11-8-20-10(2)22-11)23-14(25)12-6-7-21-24(12)5/h6-10,13,20,22H,1-5H3,(H,23,25). The Labute approximate surface area is 150 Å². The van der Waals surface area contributed by atoms with Crippen LogP contribution in [0.1, 0.15) is 38.2 Å². The Morgan fingerprint density at radius 3 is 2.54 bits per heavy atom. The molecule has 1 amide bonds. The van der Waals surface area contributed by atoms with Crippen LogP contribution in [-0.2, 0) is 11.8 Å². The number of nitrogens with zero attached hydrogens (tertiary/aromatic N) is 2. The fourth-order valence-electron chi connectivity index (χ4n) is 2.59. The number of hydrogen-bond donors (Lipinski definition) is 3. The third kappa shape index (κ3) is 4.29. The van der Waals surface area contributed by atoms with Gasteiger partial charge in [-0.05, 0) is 33.8 Å². The zero-order valence-electron chi connectivity index (χ0n) is 15.3. The van der Waals surface area contributed by atoms with Gasteiger partial charge in [-0.2, -0.15) is 18.3 Å². The summed E-state index contributed by atoms with van der Waals surface area (Å²) < 4.78 is 46.2. The van der Waals surface area contributed by atoms with Crippen LogP contribution >= 0.6 is 0 Å². The largest absolute Gasteiger partial charge is 0.416 e. The molecule has 0 aliphatic carbocycles. The summed E-state index contributed by atoms with van der Waals surface area (Å²) in [5, 5.41) is 12.7. The molecule has 2 rings (SSSR count). The number of aryl methyl sites for hydroxylation is 1. The molecule has 0 fully saturated rings. The van der Waals surface area contributed by atoms with Gasteiger partial charge in [0.05, 0.1) is 24.0 Å². The van der Waals surface area contributed by atoms with Crippen LogP contribution in [0.2, 0.25) is 0 Å². The summed E-state index contributed by atoms with van der Waals surface area (Å²) in [6, 6.07) is 0.714. The molecule has 0 bridgehead atoms. The highest BCUT2D eigenvalue weighted by atomic mass is 19.4. The second-order valence-corrected chi connectivity index (χ2v) is 6.75. The van der Waals surface area contributed by atoms with Crippen molar-refractivity contribution in [2.24, 2.45) is 7.05 Å². The summed E-state index contributed by atoms with van der Waals surface area (Å²) >= 11 is 0.